The Kier molecular flexibility index (Phi) is 5.07. The van der Waals surface area contributed by atoms with Gasteiger partial charge in [-0.1, -0.05) is 29.4 Å². The van der Waals surface area contributed by atoms with Crippen LogP contribution in [0.15, 0.2) is 55.1 Å². The van der Waals surface area contributed by atoms with E-state index in [0.29, 0.717) is 17.6 Å². The fourth-order valence-electron chi connectivity index (χ4n) is 4.00. The number of anilines is 4. The molecule has 5 aromatic rings. The van der Waals surface area contributed by atoms with Gasteiger partial charge in [0.15, 0.2) is 5.82 Å². The molecule has 6 rings (SSSR count). The van der Waals surface area contributed by atoms with Crippen LogP contribution in [0.3, 0.4) is 0 Å². The van der Waals surface area contributed by atoms with Crippen molar-refractivity contribution in [1.29, 1.82) is 0 Å². The van der Waals surface area contributed by atoms with Crippen LogP contribution < -0.4 is 10.6 Å². The Morgan fingerprint density at radius 1 is 0.909 bits per heavy atom. The van der Waals surface area contributed by atoms with E-state index in [-0.39, 0.29) is 0 Å². The van der Waals surface area contributed by atoms with Crippen molar-refractivity contribution < 1.29 is 0 Å². The van der Waals surface area contributed by atoms with E-state index in [1.807, 2.05) is 30.3 Å². The zero-order chi connectivity index (χ0) is 22.0. The highest BCUT2D eigenvalue weighted by Gasteiger charge is 2.21. The van der Waals surface area contributed by atoms with Crippen LogP contribution >= 0.6 is 11.3 Å². The van der Waals surface area contributed by atoms with Crippen LogP contribution in [-0.4, -0.2) is 40.1 Å². The average Bonchev–Trinajstić information content (AvgIpc) is 3.62. The normalized spacial score (nSPS) is 14.1. The molecule has 0 radical (unpaired) electrons. The maximum Gasteiger partial charge on any atom is 0.211 e. The zero-order valence-electron chi connectivity index (χ0n) is 17.6. The van der Waals surface area contributed by atoms with Crippen molar-refractivity contribution in [2.24, 2.45) is 0 Å². The van der Waals surface area contributed by atoms with Crippen molar-refractivity contribution in [1.82, 2.24) is 40.1 Å². The molecule has 0 amide bonds. The van der Waals surface area contributed by atoms with Gasteiger partial charge in [-0.25, -0.2) is 14.6 Å². The Hall–Kier alpha value is -3.99. The first-order valence-corrected chi connectivity index (χ1v) is 11.6. The molecule has 5 heterocycles. The lowest BCUT2D eigenvalue weighted by molar-refractivity contribution is 0.705. The van der Waals surface area contributed by atoms with E-state index in [9.17, 15) is 0 Å². The Balaban J connectivity index is 1.21. The highest BCUT2D eigenvalue weighted by Crippen LogP contribution is 2.37. The minimum absolute atomic E-state index is 0.554. The largest absolute Gasteiger partial charge is 0.354 e. The summed E-state index contributed by atoms with van der Waals surface area (Å²) in [6.45, 7) is 0. The number of nitrogens with zero attached hydrogens (tertiary/aromatic N) is 8. The smallest absolute Gasteiger partial charge is 0.211 e. The topological polar surface area (TPSA) is 119 Å². The molecule has 2 N–H and O–H groups in total. The zero-order valence-corrected chi connectivity index (χ0v) is 18.4. The standard InChI is InChI=1S/C22H20N10S/c1-2-4-14(3-1)21-29-30-22(33-21)28-19-6-5-17-18(27-19)11-16(13-24-17)26-15-7-8-23-20(12-15)32-10-9-25-31-32/h5-14H,1-4H2,(H,23,26)(H,27,28,30). The highest BCUT2D eigenvalue weighted by atomic mass is 32.1. The van der Waals surface area contributed by atoms with Crippen LogP contribution in [0.1, 0.15) is 36.6 Å². The third-order valence-corrected chi connectivity index (χ3v) is 6.61. The number of nitrogens with one attached hydrogen (secondary N) is 2. The molecule has 11 heteroatoms. The Morgan fingerprint density at radius 3 is 2.73 bits per heavy atom. The van der Waals surface area contributed by atoms with Crippen molar-refractivity contribution in [2.45, 2.75) is 31.6 Å². The second kappa shape index (κ2) is 8.51. The molecule has 0 atom stereocenters. The predicted molar refractivity (Wildman–Crippen MR) is 126 cm³/mol. The van der Waals surface area contributed by atoms with Gasteiger partial charge in [0.05, 0.1) is 35.3 Å². The number of fused-ring (bicyclic) bond motifs is 1. The lowest BCUT2D eigenvalue weighted by atomic mass is 10.1. The molecule has 33 heavy (non-hydrogen) atoms. The molecule has 0 saturated heterocycles. The molecule has 1 saturated carbocycles. The van der Waals surface area contributed by atoms with Crippen molar-refractivity contribution in [3.05, 3.63) is 60.1 Å². The molecule has 0 aliphatic heterocycles. The summed E-state index contributed by atoms with van der Waals surface area (Å²) in [4.78, 5) is 13.6. The third-order valence-electron chi connectivity index (χ3n) is 5.61. The molecule has 0 bridgehead atoms. The fraction of sp³-hybridized carbons (Fsp3) is 0.227. The SMILES string of the molecule is c1cn(-c2cc(Nc3cnc4ccc(Nc5nnc(C6CCCC6)s5)nc4c3)ccn2)nn1. The lowest BCUT2D eigenvalue weighted by Crippen LogP contribution is -2.00. The van der Waals surface area contributed by atoms with Gasteiger partial charge in [-0.3, -0.25) is 4.98 Å². The molecule has 0 aromatic carbocycles. The summed E-state index contributed by atoms with van der Waals surface area (Å²) in [7, 11) is 0. The second-order valence-corrected chi connectivity index (χ2v) is 8.90. The third kappa shape index (κ3) is 4.22. The second-order valence-electron chi connectivity index (χ2n) is 7.89. The highest BCUT2D eigenvalue weighted by molar-refractivity contribution is 7.15. The quantitative estimate of drug-likeness (QED) is 0.378. The van der Waals surface area contributed by atoms with E-state index < -0.39 is 0 Å². The van der Waals surface area contributed by atoms with Gasteiger partial charge in [-0.2, -0.15) is 0 Å². The summed E-state index contributed by atoms with van der Waals surface area (Å²) in [5.41, 5.74) is 3.27. The first-order valence-electron chi connectivity index (χ1n) is 10.8. The first kappa shape index (κ1) is 19.7. The van der Waals surface area contributed by atoms with Crippen LogP contribution in [0.5, 0.6) is 0 Å². The Bertz CT molecular complexity index is 1390. The molecule has 1 aliphatic rings. The van der Waals surface area contributed by atoms with E-state index >= 15 is 0 Å². The molecule has 5 aromatic heterocycles. The van der Waals surface area contributed by atoms with E-state index in [1.54, 1.807) is 40.8 Å². The van der Waals surface area contributed by atoms with Crippen LogP contribution in [0.4, 0.5) is 22.3 Å². The van der Waals surface area contributed by atoms with Gasteiger partial charge in [-0.15, -0.1) is 15.3 Å². The summed E-state index contributed by atoms with van der Waals surface area (Å²) in [5.74, 6) is 1.94. The number of hydrogen-bond acceptors (Lipinski definition) is 10. The number of rotatable bonds is 6. The lowest BCUT2D eigenvalue weighted by Gasteiger charge is -2.09. The molecule has 0 unspecified atom stereocenters. The van der Waals surface area contributed by atoms with Crippen molar-refractivity contribution >= 4 is 44.7 Å². The number of aromatic nitrogens is 8. The van der Waals surface area contributed by atoms with Gasteiger partial charge in [0, 0.05) is 23.9 Å². The van der Waals surface area contributed by atoms with Gasteiger partial charge < -0.3 is 10.6 Å². The average molecular weight is 457 g/mol. The molecule has 10 nitrogen and oxygen atoms in total. The van der Waals surface area contributed by atoms with Crippen LogP contribution in [0.2, 0.25) is 0 Å². The van der Waals surface area contributed by atoms with E-state index in [2.05, 4.69) is 41.1 Å². The number of pyridine rings is 3. The minimum atomic E-state index is 0.554. The van der Waals surface area contributed by atoms with Gasteiger partial charge in [0.25, 0.3) is 0 Å². The first-order chi connectivity index (χ1) is 16.3. The minimum Gasteiger partial charge on any atom is -0.354 e. The molecule has 0 spiro atoms. The molecule has 164 valence electrons. The van der Waals surface area contributed by atoms with Crippen LogP contribution in [0.25, 0.3) is 16.9 Å². The maximum absolute atomic E-state index is 4.73. The molecular weight excluding hydrogens is 436 g/mol. The van der Waals surface area contributed by atoms with Crippen molar-refractivity contribution in [2.75, 3.05) is 10.6 Å². The van der Waals surface area contributed by atoms with Gasteiger partial charge in [0.1, 0.15) is 10.8 Å². The maximum atomic E-state index is 4.73. The summed E-state index contributed by atoms with van der Waals surface area (Å²) >= 11 is 1.62. The van der Waals surface area contributed by atoms with Gasteiger partial charge in [-0.05, 0) is 37.1 Å². The summed E-state index contributed by atoms with van der Waals surface area (Å²) in [5, 5.41) is 25.0. The predicted octanol–water partition coefficient (Wildman–Crippen LogP) is 4.60. The van der Waals surface area contributed by atoms with E-state index in [4.69, 9.17) is 4.98 Å². The van der Waals surface area contributed by atoms with Gasteiger partial charge >= 0.3 is 0 Å². The van der Waals surface area contributed by atoms with Crippen LogP contribution in [-0.2, 0) is 0 Å². The monoisotopic (exact) mass is 456 g/mol. The molecular formula is C22H20N10S. The Morgan fingerprint density at radius 2 is 1.85 bits per heavy atom. The summed E-state index contributed by atoms with van der Waals surface area (Å²) in [6, 6.07) is 9.59. The van der Waals surface area contributed by atoms with E-state index in [1.165, 1.54) is 25.7 Å². The number of hydrogen-bond donors (Lipinski definition) is 2. The molecule has 1 aliphatic carbocycles. The van der Waals surface area contributed by atoms with Crippen molar-refractivity contribution in [3.63, 3.8) is 0 Å². The summed E-state index contributed by atoms with van der Waals surface area (Å²) in [6.07, 6.45) is 11.8. The summed E-state index contributed by atoms with van der Waals surface area (Å²) < 4.78 is 1.61. The van der Waals surface area contributed by atoms with Gasteiger partial charge in [0.2, 0.25) is 5.13 Å². The Labute approximate surface area is 193 Å². The van der Waals surface area contributed by atoms with Crippen molar-refractivity contribution in [3.8, 4) is 5.82 Å². The van der Waals surface area contributed by atoms with E-state index in [0.717, 1.165) is 32.5 Å². The molecule has 1 fully saturated rings. The fourth-order valence-corrected chi connectivity index (χ4v) is 4.91. The van der Waals surface area contributed by atoms with Crippen LogP contribution in [0, 0.1) is 0 Å².